The molecule has 2 aromatic carbocycles. The van der Waals surface area contributed by atoms with Gasteiger partial charge >= 0.3 is 0 Å². The van der Waals surface area contributed by atoms with Gasteiger partial charge in [0, 0.05) is 28.9 Å². The first-order valence-corrected chi connectivity index (χ1v) is 9.25. The van der Waals surface area contributed by atoms with E-state index in [1.54, 1.807) is 19.2 Å². The van der Waals surface area contributed by atoms with Crippen LogP contribution in [0.2, 0.25) is 5.02 Å². The number of nitrogens with one attached hydrogen (secondary N) is 2. The molecule has 1 atom stereocenters. The predicted octanol–water partition coefficient (Wildman–Crippen LogP) is 3.86. The molecule has 2 aromatic rings. The number of aliphatic hydroxyl groups is 1. The molecule has 0 aliphatic heterocycles. The third kappa shape index (κ3) is 6.05. The van der Waals surface area contributed by atoms with Crippen molar-refractivity contribution in [2.75, 3.05) is 32.1 Å². The standard InChI is InChI=1S/C20H26ClN3O3/c1-4-22-20(23-13-17(25)15-8-6-7-9-16(15)21)24-14-10-11-18(27-5-2)19(12-14)26-3/h6-12,17,25H,4-5,13H2,1-3H3,(H2,22,23,24). The van der Waals surface area contributed by atoms with Gasteiger partial charge in [-0.15, -0.1) is 0 Å². The van der Waals surface area contributed by atoms with E-state index >= 15 is 0 Å². The van der Waals surface area contributed by atoms with Crippen LogP contribution in [0.3, 0.4) is 0 Å². The highest BCUT2D eigenvalue weighted by atomic mass is 35.5. The van der Waals surface area contributed by atoms with E-state index in [1.165, 1.54) is 0 Å². The molecule has 0 heterocycles. The summed E-state index contributed by atoms with van der Waals surface area (Å²) in [6.07, 6.45) is -0.788. The SMILES string of the molecule is CCNC(=NCC(O)c1ccccc1Cl)Nc1ccc(OCC)c(OC)c1. The molecule has 2 rings (SSSR count). The van der Waals surface area contributed by atoms with Crippen LogP contribution in [-0.2, 0) is 0 Å². The van der Waals surface area contributed by atoms with Gasteiger partial charge in [0.1, 0.15) is 6.10 Å². The third-order valence-electron chi connectivity index (χ3n) is 3.76. The fourth-order valence-electron chi connectivity index (χ4n) is 2.49. The van der Waals surface area contributed by atoms with Gasteiger partial charge in [-0.2, -0.15) is 0 Å². The summed E-state index contributed by atoms with van der Waals surface area (Å²) < 4.78 is 10.9. The molecule has 3 N–H and O–H groups in total. The fraction of sp³-hybridized carbons (Fsp3) is 0.350. The maximum Gasteiger partial charge on any atom is 0.195 e. The molecule has 7 heteroatoms. The van der Waals surface area contributed by atoms with Crippen LogP contribution < -0.4 is 20.1 Å². The topological polar surface area (TPSA) is 75.1 Å². The number of rotatable bonds is 8. The number of aliphatic hydroxyl groups excluding tert-OH is 1. The first-order valence-electron chi connectivity index (χ1n) is 8.87. The summed E-state index contributed by atoms with van der Waals surface area (Å²) >= 11 is 6.13. The van der Waals surface area contributed by atoms with Gasteiger partial charge in [0.25, 0.3) is 0 Å². The lowest BCUT2D eigenvalue weighted by atomic mass is 10.1. The molecule has 0 fully saturated rings. The smallest absolute Gasteiger partial charge is 0.195 e. The summed E-state index contributed by atoms with van der Waals surface area (Å²) in [7, 11) is 1.60. The highest BCUT2D eigenvalue weighted by Crippen LogP contribution is 2.30. The molecule has 0 aromatic heterocycles. The number of ether oxygens (including phenoxy) is 2. The largest absolute Gasteiger partial charge is 0.493 e. The summed E-state index contributed by atoms with van der Waals surface area (Å²) in [6, 6.07) is 12.8. The van der Waals surface area contributed by atoms with Gasteiger partial charge in [-0.3, -0.25) is 0 Å². The van der Waals surface area contributed by atoms with Crippen molar-refractivity contribution >= 4 is 23.2 Å². The molecule has 146 valence electrons. The second-order valence-corrected chi connectivity index (χ2v) is 6.09. The van der Waals surface area contributed by atoms with Crippen molar-refractivity contribution < 1.29 is 14.6 Å². The minimum absolute atomic E-state index is 0.174. The zero-order valence-corrected chi connectivity index (χ0v) is 16.6. The average molecular weight is 392 g/mol. The number of nitrogens with zero attached hydrogens (tertiary/aromatic N) is 1. The maximum atomic E-state index is 10.4. The van der Waals surface area contributed by atoms with Crippen molar-refractivity contribution in [3.8, 4) is 11.5 Å². The monoisotopic (exact) mass is 391 g/mol. The minimum atomic E-state index is -0.788. The summed E-state index contributed by atoms with van der Waals surface area (Å²) in [5.41, 5.74) is 1.45. The summed E-state index contributed by atoms with van der Waals surface area (Å²) in [5.74, 6) is 1.87. The van der Waals surface area contributed by atoms with E-state index in [0.29, 0.717) is 41.2 Å². The first kappa shape index (κ1) is 20.9. The van der Waals surface area contributed by atoms with Gasteiger partial charge < -0.3 is 25.2 Å². The third-order valence-corrected chi connectivity index (χ3v) is 4.10. The lowest BCUT2D eigenvalue weighted by Crippen LogP contribution is -2.31. The Bertz CT molecular complexity index is 768. The Morgan fingerprint density at radius 3 is 2.63 bits per heavy atom. The highest BCUT2D eigenvalue weighted by molar-refractivity contribution is 6.31. The van der Waals surface area contributed by atoms with E-state index in [1.807, 2.05) is 44.2 Å². The Morgan fingerprint density at radius 1 is 1.19 bits per heavy atom. The molecule has 0 aliphatic rings. The molecule has 0 amide bonds. The second-order valence-electron chi connectivity index (χ2n) is 5.68. The minimum Gasteiger partial charge on any atom is -0.493 e. The number of benzene rings is 2. The zero-order valence-electron chi connectivity index (χ0n) is 15.8. The van der Waals surface area contributed by atoms with Crippen LogP contribution in [0.25, 0.3) is 0 Å². The average Bonchev–Trinajstić information content (AvgIpc) is 2.67. The predicted molar refractivity (Wildman–Crippen MR) is 110 cm³/mol. The van der Waals surface area contributed by atoms with Gasteiger partial charge in [-0.1, -0.05) is 29.8 Å². The van der Waals surface area contributed by atoms with Gasteiger partial charge in [0.05, 0.1) is 20.3 Å². The van der Waals surface area contributed by atoms with Gasteiger partial charge in [0.15, 0.2) is 17.5 Å². The van der Waals surface area contributed by atoms with Crippen molar-refractivity contribution in [1.29, 1.82) is 0 Å². The van der Waals surface area contributed by atoms with E-state index < -0.39 is 6.10 Å². The number of guanidine groups is 1. The molecular formula is C20H26ClN3O3. The Hall–Kier alpha value is -2.44. The lowest BCUT2D eigenvalue weighted by molar-refractivity contribution is 0.187. The molecule has 0 saturated heterocycles. The van der Waals surface area contributed by atoms with Crippen LogP contribution in [0.1, 0.15) is 25.5 Å². The number of halogens is 1. The first-order chi connectivity index (χ1) is 13.1. The van der Waals surface area contributed by atoms with E-state index in [-0.39, 0.29) is 6.54 Å². The normalized spacial score (nSPS) is 12.4. The maximum absolute atomic E-state index is 10.4. The van der Waals surface area contributed by atoms with Crippen molar-refractivity contribution in [2.24, 2.45) is 4.99 Å². The summed E-state index contributed by atoms with van der Waals surface area (Å²) in [5, 5.41) is 17.3. The zero-order chi connectivity index (χ0) is 19.6. The van der Waals surface area contributed by atoms with Crippen molar-refractivity contribution in [2.45, 2.75) is 20.0 Å². The Morgan fingerprint density at radius 2 is 1.96 bits per heavy atom. The van der Waals surface area contributed by atoms with Gasteiger partial charge in [0.2, 0.25) is 0 Å². The second kappa shape index (κ2) is 10.6. The summed E-state index contributed by atoms with van der Waals surface area (Å²) in [4.78, 5) is 4.45. The number of anilines is 1. The molecular weight excluding hydrogens is 366 g/mol. The Labute approximate surface area is 165 Å². The van der Waals surface area contributed by atoms with Crippen LogP contribution in [0.15, 0.2) is 47.5 Å². The van der Waals surface area contributed by atoms with Gasteiger partial charge in [-0.05, 0) is 32.0 Å². The molecule has 0 bridgehead atoms. The highest BCUT2D eigenvalue weighted by Gasteiger charge is 2.11. The van der Waals surface area contributed by atoms with Crippen LogP contribution in [-0.4, -0.2) is 37.9 Å². The van der Waals surface area contributed by atoms with Crippen molar-refractivity contribution in [3.05, 3.63) is 53.1 Å². The number of hydrogen-bond donors (Lipinski definition) is 3. The van der Waals surface area contributed by atoms with Crippen molar-refractivity contribution in [1.82, 2.24) is 5.32 Å². The van der Waals surface area contributed by atoms with E-state index in [2.05, 4.69) is 15.6 Å². The van der Waals surface area contributed by atoms with E-state index in [9.17, 15) is 5.11 Å². The summed E-state index contributed by atoms with van der Waals surface area (Å²) in [6.45, 7) is 5.31. The van der Waals surface area contributed by atoms with E-state index in [4.69, 9.17) is 21.1 Å². The van der Waals surface area contributed by atoms with Crippen molar-refractivity contribution in [3.63, 3.8) is 0 Å². The van der Waals surface area contributed by atoms with Crippen LogP contribution in [0.4, 0.5) is 5.69 Å². The molecule has 1 unspecified atom stereocenters. The Kier molecular flexibility index (Phi) is 8.23. The van der Waals surface area contributed by atoms with Crippen LogP contribution in [0.5, 0.6) is 11.5 Å². The quantitative estimate of drug-likeness (QED) is 0.470. The number of aliphatic imine (C=N–C) groups is 1. The molecule has 0 saturated carbocycles. The molecule has 0 spiro atoms. The molecule has 0 radical (unpaired) electrons. The molecule has 0 aliphatic carbocycles. The fourth-order valence-corrected chi connectivity index (χ4v) is 2.75. The lowest BCUT2D eigenvalue weighted by Gasteiger charge is -2.15. The number of methoxy groups -OCH3 is 1. The van der Waals surface area contributed by atoms with Crippen LogP contribution in [0, 0.1) is 0 Å². The van der Waals surface area contributed by atoms with Gasteiger partial charge in [-0.25, -0.2) is 4.99 Å². The Balaban J connectivity index is 2.12. The molecule has 27 heavy (non-hydrogen) atoms. The van der Waals surface area contributed by atoms with Crippen LogP contribution >= 0.6 is 11.6 Å². The number of hydrogen-bond acceptors (Lipinski definition) is 4. The van der Waals surface area contributed by atoms with E-state index in [0.717, 1.165) is 5.69 Å². The molecule has 6 nitrogen and oxygen atoms in total.